The van der Waals surface area contributed by atoms with E-state index in [2.05, 4.69) is 9.97 Å². The van der Waals surface area contributed by atoms with Crippen molar-refractivity contribution in [1.82, 2.24) is 9.97 Å². The maximum absolute atomic E-state index is 13.4. The number of aromatic nitrogens is 2. The van der Waals surface area contributed by atoms with Gasteiger partial charge in [0.15, 0.2) is 11.6 Å². The van der Waals surface area contributed by atoms with Crippen LogP contribution in [0.1, 0.15) is 44.7 Å². The van der Waals surface area contributed by atoms with Crippen molar-refractivity contribution in [3.05, 3.63) is 107 Å². The summed E-state index contributed by atoms with van der Waals surface area (Å²) in [6, 6.07) is 21.9. The number of methoxy groups -OCH3 is 2. The molecule has 0 amide bonds. The fourth-order valence-electron chi connectivity index (χ4n) is 5.49. The highest BCUT2D eigenvalue weighted by atomic mass is 16.5. The highest BCUT2D eigenvalue weighted by Gasteiger charge is 2.27. The summed E-state index contributed by atoms with van der Waals surface area (Å²) >= 11 is 0. The minimum Gasteiger partial charge on any atom is -0.469 e. The second-order valence-electron chi connectivity index (χ2n) is 10.4. The second-order valence-corrected chi connectivity index (χ2v) is 10.4. The van der Waals surface area contributed by atoms with Crippen LogP contribution < -0.4 is 0 Å². The van der Waals surface area contributed by atoms with E-state index in [1.807, 2.05) is 60.9 Å². The number of esters is 2. The molecular formula is C34H32N2O6. The fraction of sp³-hybridized carbons (Fsp3) is 0.235. The van der Waals surface area contributed by atoms with Crippen LogP contribution in [0.5, 0.6) is 0 Å². The Labute approximate surface area is 243 Å². The zero-order valence-electron chi connectivity index (χ0n) is 23.5. The van der Waals surface area contributed by atoms with Crippen LogP contribution in [0.2, 0.25) is 0 Å². The van der Waals surface area contributed by atoms with E-state index in [4.69, 9.17) is 9.47 Å². The lowest BCUT2D eigenvalue weighted by Gasteiger charge is -2.15. The highest BCUT2D eigenvalue weighted by molar-refractivity contribution is 6.03. The molecule has 0 saturated carbocycles. The number of rotatable bonds is 12. The third-order valence-corrected chi connectivity index (χ3v) is 7.72. The zero-order valence-corrected chi connectivity index (χ0v) is 23.5. The molecule has 0 aliphatic carbocycles. The molecular weight excluding hydrogens is 532 g/mol. The summed E-state index contributed by atoms with van der Waals surface area (Å²) < 4.78 is 10.0. The van der Waals surface area contributed by atoms with Crippen LogP contribution >= 0.6 is 0 Å². The number of fused-ring (bicyclic) bond motifs is 2. The van der Waals surface area contributed by atoms with Crippen molar-refractivity contribution in [3.63, 3.8) is 0 Å². The van der Waals surface area contributed by atoms with Gasteiger partial charge in [0.25, 0.3) is 0 Å². The smallest absolute Gasteiger partial charge is 0.309 e. The van der Waals surface area contributed by atoms with E-state index in [1.165, 1.54) is 20.3 Å². The van der Waals surface area contributed by atoms with Gasteiger partial charge in [0.2, 0.25) is 0 Å². The number of nitrogens with one attached hydrogen (secondary N) is 2. The Morgan fingerprint density at radius 1 is 0.619 bits per heavy atom. The van der Waals surface area contributed by atoms with Crippen LogP contribution in [0.25, 0.3) is 21.8 Å². The van der Waals surface area contributed by atoms with Gasteiger partial charge in [0.1, 0.15) is 0 Å². The average molecular weight is 565 g/mol. The number of ketones is 2. The number of Topliss-reactive ketones (excluding diaryl/α,β-unsaturated/α-hetero) is 2. The number of hydrogen-bond acceptors (Lipinski definition) is 6. The van der Waals surface area contributed by atoms with Crippen molar-refractivity contribution in [2.24, 2.45) is 11.8 Å². The molecule has 8 heteroatoms. The minimum absolute atomic E-state index is 0.0742. The molecule has 214 valence electrons. The highest BCUT2D eigenvalue weighted by Crippen LogP contribution is 2.26. The number of H-pyrrole nitrogens is 2. The van der Waals surface area contributed by atoms with E-state index in [9.17, 15) is 19.2 Å². The molecule has 0 spiro atoms. The maximum atomic E-state index is 13.4. The van der Waals surface area contributed by atoms with Crippen LogP contribution in [0.15, 0.2) is 85.2 Å². The SMILES string of the molecule is COC(=O)[C@@H](CC(=O)c1cccc(C(=O)C[C@@H](Cc2c[nH]c3ccccc23)C(=O)OC)c1)Cc1c[nH]c2ccccc12. The maximum Gasteiger partial charge on any atom is 0.309 e. The molecule has 8 nitrogen and oxygen atoms in total. The lowest BCUT2D eigenvalue weighted by Crippen LogP contribution is -2.23. The van der Waals surface area contributed by atoms with Gasteiger partial charge in [-0.05, 0) is 42.2 Å². The summed E-state index contributed by atoms with van der Waals surface area (Å²) in [7, 11) is 2.62. The van der Waals surface area contributed by atoms with E-state index < -0.39 is 23.8 Å². The van der Waals surface area contributed by atoms with Crippen molar-refractivity contribution >= 4 is 45.3 Å². The topological polar surface area (TPSA) is 118 Å². The molecule has 42 heavy (non-hydrogen) atoms. The van der Waals surface area contributed by atoms with Gasteiger partial charge in [0, 0.05) is 58.2 Å². The largest absolute Gasteiger partial charge is 0.469 e. The molecule has 0 unspecified atom stereocenters. The Morgan fingerprint density at radius 2 is 1.05 bits per heavy atom. The lowest BCUT2D eigenvalue weighted by molar-refractivity contribution is -0.146. The molecule has 5 rings (SSSR count). The first-order valence-corrected chi connectivity index (χ1v) is 13.8. The predicted molar refractivity (Wildman–Crippen MR) is 159 cm³/mol. The predicted octanol–water partition coefficient (Wildman–Crippen LogP) is 5.86. The fourth-order valence-corrected chi connectivity index (χ4v) is 5.49. The molecule has 0 fully saturated rings. The van der Waals surface area contributed by atoms with Crippen molar-refractivity contribution in [2.45, 2.75) is 25.7 Å². The van der Waals surface area contributed by atoms with Gasteiger partial charge in [0.05, 0.1) is 26.1 Å². The van der Waals surface area contributed by atoms with Crippen LogP contribution in [0, 0.1) is 11.8 Å². The molecule has 2 heterocycles. The van der Waals surface area contributed by atoms with Crippen LogP contribution in [-0.2, 0) is 31.9 Å². The van der Waals surface area contributed by atoms with Crippen molar-refractivity contribution < 1.29 is 28.7 Å². The summed E-state index contributed by atoms with van der Waals surface area (Å²) in [4.78, 5) is 58.4. The first-order chi connectivity index (χ1) is 20.4. The molecule has 3 aromatic carbocycles. The third-order valence-electron chi connectivity index (χ3n) is 7.72. The van der Waals surface area contributed by atoms with Gasteiger partial charge in [-0.3, -0.25) is 19.2 Å². The second kappa shape index (κ2) is 12.7. The molecule has 0 bridgehead atoms. The van der Waals surface area contributed by atoms with Crippen molar-refractivity contribution in [2.75, 3.05) is 14.2 Å². The Bertz CT molecular complexity index is 1640. The van der Waals surface area contributed by atoms with Crippen molar-refractivity contribution in [1.29, 1.82) is 0 Å². The van der Waals surface area contributed by atoms with Gasteiger partial charge in [-0.15, -0.1) is 0 Å². The van der Waals surface area contributed by atoms with Gasteiger partial charge in [-0.25, -0.2) is 0 Å². The first-order valence-electron chi connectivity index (χ1n) is 13.8. The Balaban J connectivity index is 1.31. The van der Waals surface area contributed by atoms with Gasteiger partial charge in [-0.1, -0.05) is 54.6 Å². The zero-order chi connectivity index (χ0) is 29.6. The molecule has 2 atom stereocenters. The molecule has 2 N–H and O–H groups in total. The standard InChI is InChI=1S/C34H32N2O6/c1-41-33(39)23(15-25-19-35-29-12-5-3-10-27(25)29)17-31(37)21-8-7-9-22(14-21)32(38)18-24(34(40)42-2)16-26-20-36-30-13-6-4-11-28(26)30/h3-14,19-20,23-24,35-36H,15-18H2,1-2H3/t23-,24-/m1/s1. The van der Waals surface area contributed by atoms with Gasteiger partial charge in [-0.2, -0.15) is 0 Å². The quantitative estimate of drug-likeness (QED) is 0.145. The number of carbonyl (C=O) groups excluding carboxylic acids is 4. The van der Waals surface area contributed by atoms with E-state index in [0.717, 1.165) is 32.9 Å². The molecule has 2 aromatic heterocycles. The van der Waals surface area contributed by atoms with Crippen molar-refractivity contribution in [3.8, 4) is 0 Å². The number of benzene rings is 3. The monoisotopic (exact) mass is 564 g/mol. The molecule has 0 radical (unpaired) electrons. The molecule has 0 aliphatic rings. The van der Waals surface area contributed by atoms with E-state index in [-0.39, 0.29) is 24.4 Å². The Hall–Kier alpha value is -4.98. The summed E-state index contributed by atoms with van der Waals surface area (Å²) in [6.45, 7) is 0. The molecule has 0 saturated heterocycles. The number of para-hydroxylation sites is 2. The summed E-state index contributed by atoms with van der Waals surface area (Å²) in [5.41, 5.74) is 4.37. The van der Waals surface area contributed by atoms with E-state index >= 15 is 0 Å². The minimum atomic E-state index is -0.694. The van der Waals surface area contributed by atoms with E-state index in [1.54, 1.807) is 18.2 Å². The first kappa shape index (κ1) is 28.5. The van der Waals surface area contributed by atoms with Crippen LogP contribution in [-0.4, -0.2) is 47.7 Å². The number of ether oxygens (including phenoxy) is 2. The average Bonchev–Trinajstić information content (AvgIpc) is 3.63. The number of hydrogen-bond donors (Lipinski definition) is 2. The van der Waals surface area contributed by atoms with Crippen LogP contribution in [0.3, 0.4) is 0 Å². The van der Waals surface area contributed by atoms with Gasteiger partial charge < -0.3 is 19.4 Å². The van der Waals surface area contributed by atoms with Gasteiger partial charge >= 0.3 is 11.9 Å². The summed E-state index contributed by atoms with van der Waals surface area (Å²) in [5, 5.41) is 1.97. The summed E-state index contributed by atoms with van der Waals surface area (Å²) in [6.07, 6.45) is 4.20. The third kappa shape index (κ3) is 6.17. The lowest BCUT2D eigenvalue weighted by atomic mass is 9.89. The van der Waals surface area contributed by atoms with Crippen LogP contribution in [0.4, 0.5) is 0 Å². The normalized spacial score (nSPS) is 12.6. The number of carbonyl (C=O) groups is 4. The number of aromatic amines is 2. The van der Waals surface area contributed by atoms with E-state index in [0.29, 0.717) is 24.0 Å². The molecule has 5 aromatic rings. The Kier molecular flexibility index (Phi) is 8.62. The summed E-state index contributed by atoms with van der Waals surface area (Å²) in [5.74, 6) is -2.88. The molecule has 0 aliphatic heterocycles. The Morgan fingerprint density at radius 3 is 1.48 bits per heavy atom.